The van der Waals surface area contributed by atoms with Gasteiger partial charge in [-0.05, 0) is 44.0 Å². The third-order valence-corrected chi connectivity index (χ3v) is 3.97. The molecule has 6 heteroatoms. The van der Waals surface area contributed by atoms with Crippen LogP contribution in [0.15, 0.2) is 23.7 Å². The molecule has 1 N–H and O–H groups in total. The van der Waals surface area contributed by atoms with E-state index in [1.807, 2.05) is 39.0 Å². The maximum atomic E-state index is 12.4. The number of benzene rings is 1. The minimum absolute atomic E-state index is 0.191. The summed E-state index contributed by atoms with van der Waals surface area (Å²) in [4.78, 5) is 17.5. The number of aryl methyl sites for hydroxylation is 3. The zero-order valence-electron chi connectivity index (χ0n) is 11.5. The van der Waals surface area contributed by atoms with Gasteiger partial charge in [-0.2, -0.15) is 9.61 Å². The third-order valence-electron chi connectivity index (χ3n) is 3.30. The van der Waals surface area contributed by atoms with Gasteiger partial charge in [-0.25, -0.2) is 4.98 Å². The second-order valence-electron chi connectivity index (χ2n) is 4.73. The molecule has 5 nitrogen and oxygen atoms in total. The van der Waals surface area contributed by atoms with E-state index >= 15 is 0 Å². The lowest BCUT2D eigenvalue weighted by Crippen LogP contribution is -2.16. The lowest BCUT2D eigenvalue weighted by molar-refractivity contribution is 0.102. The molecule has 0 aliphatic rings. The molecule has 0 saturated heterocycles. The number of nitrogens with one attached hydrogen (secondary N) is 1. The minimum atomic E-state index is -0.191. The molecule has 1 aromatic carbocycles. The van der Waals surface area contributed by atoms with Crippen LogP contribution in [0.4, 0.5) is 5.69 Å². The van der Waals surface area contributed by atoms with Gasteiger partial charge in [-0.15, -0.1) is 0 Å². The number of imidazole rings is 1. The highest BCUT2D eigenvalue weighted by atomic mass is 32.1. The number of carbonyl (C=O) groups excluding carboxylic acids is 1. The normalized spacial score (nSPS) is 10.9. The van der Waals surface area contributed by atoms with Gasteiger partial charge in [0.05, 0.1) is 5.69 Å². The molecular weight excluding hydrogens is 272 g/mol. The summed E-state index contributed by atoms with van der Waals surface area (Å²) in [6.45, 7) is 5.88. The van der Waals surface area contributed by atoms with Crippen molar-refractivity contribution in [2.75, 3.05) is 5.32 Å². The van der Waals surface area contributed by atoms with Crippen LogP contribution in [0.2, 0.25) is 0 Å². The van der Waals surface area contributed by atoms with Gasteiger partial charge in [0.2, 0.25) is 4.96 Å². The highest BCUT2D eigenvalue weighted by molar-refractivity contribution is 7.14. The Morgan fingerprint density at radius 2 is 2.05 bits per heavy atom. The van der Waals surface area contributed by atoms with Crippen LogP contribution < -0.4 is 5.32 Å². The predicted octanol–water partition coefficient (Wildman–Crippen LogP) is 2.97. The van der Waals surface area contributed by atoms with Gasteiger partial charge in [0, 0.05) is 5.69 Å². The van der Waals surface area contributed by atoms with E-state index in [4.69, 9.17) is 0 Å². The van der Waals surface area contributed by atoms with Crippen molar-refractivity contribution in [1.82, 2.24) is 14.6 Å². The summed E-state index contributed by atoms with van der Waals surface area (Å²) >= 11 is 1.41. The lowest BCUT2D eigenvalue weighted by Gasteiger charge is -2.07. The number of hydrogen-bond donors (Lipinski definition) is 1. The Balaban J connectivity index is 1.94. The Kier molecular flexibility index (Phi) is 3.02. The smallest absolute Gasteiger partial charge is 0.276 e. The van der Waals surface area contributed by atoms with Crippen LogP contribution in [0.25, 0.3) is 4.96 Å². The molecule has 0 radical (unpaired) electrons. The topological polar surface area (TPSA) is 59.3 Å². The fourth-order valence-corrected chi connectivity index (χ4v) is 2.73. The predicted molar refractivity (Wildman–Crippen MR) is 79.5 cm³/mol. The number of fused-ring (bicyclic) bond motifs is 1. The van der Waals surface area contributed by atoms with Crippen molar-refractivity contribution in [2.24, 2.45) is 0 Å². The maximum Gasteiger partial charge on any atom is 0.276 e. The summed E-state index contributed by atoms with van der Waals surface area (Å²) in [5, 5.41) is 7.05. The molecule has 2 heterocycles. The molecule has 0 bridgehead atoms. The SMILES string of the molecule is Cc1ccc(NC(=O)c2c(C)nc3scnn23)cc1C. The fraction of sp³-hybridized carbons (Fsp3) is 0.214. The fourth-order valence-electron chi connectivity index (χ4n) is 2.06. The Hall–Kier alpha value is -2.21. The largest absolute Gasteiger partial charge is 0.321 e. The summed E-state index contributed by atoms with van der Waals surface area (Å²) < 4.78 is 1.58. The van der Waals surface area contributed by atoms with Crippen LogP contribution in [0.1, 0.15) is 27.3 Å². The number of rotatable bonds is 2. The summed E-state index contributed by atoms with van der Waals surface area (Å²) in [7, 11) is 0. The first-order valence-corrected chi connectivity index (χ1v) is 7.11. The molecule has 0 unspecified atom stereocenters. The van der Waals surface area contributed by atoms with Crippen LogP contribution in [-0.4, -0.2) is 20.5 Å². The number of carbonyl (C=O) groups is 1. The first kappa shape index (κ1) is 12.8. The average Bonchev–Trinajstić information content (AvgIpc) is 2.93. The van der Waals surface area contributed by atoms with Crippen molar-refractivity contribution in [1.29, 1.82) is 0 Å². The molecule has 0 spiro atoms. The van der Waals surface area contributed by atoms with Crippen molar-refractivity contribution in [3.05, 3.63) is 46.2 Å². The first-order valence-electron chi connectivity index (χ1n) is 6.23. The van der Waals surface area contributed by atoms with Gasteiger partial charge in [0.15, 0.2) is 5.69 Å². The number of aromatic nitrogens is 3. The second kappa shape index (κ2) is 4.72. The number of hydrogen-bond acceptors (Lipinski definition) is 4. The van der Waals surface area contributed by atoms with Crippen molar-refractivity contribution < 1.29 is 4.79 Å². The maximum absolute atomic E-state index is 12.4. The van der Waals surface area contributed by atoms with Crippen LogP contribution in [0.5, 0.6) is 0 Å². The summed E-state index contributed by atoms with van der Waals surface area (Å²) in [6, 6.07) is 5.85. The standard InChI is InChI=1S/C14H14N4OS/c1-8-4-5-11(6-9(8)2)17-13(19)12-10(3)16-14-18(12)15-7-20-14/h4-7H,1-3H3,(H,17,19). The van der Waals surface area contributed by atoms with E-state index in [0.717, 1.165) is 16.2 Å². The van der Waals surface area contributed by atoms with E-state index < -0.39 is 0 Å². The van der Waals surface area contributed by atoms with Crippen molar-refractivity contribution in [3.8, 4) is 0 Å². The van der Waals surface area contributed by atoms with E-state index in [-0.39, 0.29) is 5.91 Å². The van der Waals surface area contributed by atoms with E-state index in [2.05, 4.69) is 15.4 Å². The van der Waals surface area contributed by atoms with E-state index in [9.17, 15) is 4.79 Å². The van der Waals surface area contributed by atoms with Crippen molar-refractivity contribution >= 4 is 27.9 Å². The molecule has 0 aliphatic carbocycles. The van der Waals surface area contributed by atoms with E-state index in [1.165, 1.54) is 16.9 Å². The molecule has 0 aliphatic heterocycles. The molecule has 0 fully saturated rings. The Morgan fingerprint density at radius 1 is 1.25 bits per heavy atom. The molecule has 0 saturated carbocycles. The van der Waals surface area contributed by atoms with Crippen molar-refractivity contribution in [3.63, 3.8) is 0 Å². The van der Waals surface area contributed by atoms with Gasteiger partial charge < -0.3 is 5.32 Å². The van der Waals surface area contributed by atoms with Gasteiger partial charge in [0.1, 0.15) is 5.51 Å². The summed E-state index contributed by atoms with van der Waals surface area (Å²) in [5.74, 6) is -0.191. The monoisotopic (exact) mass is 286 g/mol. The zero-order chi connectivity index (χ0) is 14.3. The molecule has 102 valence electrons. The van der Waals surface area contributed by atoms with Crippen molar-refractivity contribution in [2.45, 2.75) is 20.8 Å². The van der Waals surface area contributed by atoms with Gasteiger partial charge in [0.25, 0.3) is 5.91 Å². The summed E-state index contributed by atoms with van der Waals surface area (Å²) in [5.41, 5.74) is 5.97. The zero-order valence-corrected chi connectivity index (χ0v) is 12.3. The van der Waals surface area contributed by atoms with Gasteiger partial charge >= 0.3 is 0 Å². The minimum Gasteiger partial charge on any atom is -0.321 e. The average molecular weight is 286 g/mol. The molecule has 2 aromatic heterocycles. The molecule has 1 amide bonds. The van der Waals surface area contributed by atoms with Gasteiger partial charge in [-0.1, -0.05) is 17.4 Å². The van der Waals surface area contributed by atoms with E-state index in [1.54, 1.807) is 10.0 Å². The van der Waals surface area contributed by atoms with Crippen LogP contribution in [0, 0.1) is 20.8 Å². The molecule has 0 atom stereocenters. The number of nitrogens with zero attached hydrogens (tertiary/aromatic N) is 3. The highest BCUT2D eigenvalue weighted by Gasteiger charge is 2.18. The van der Waals surface area contributed by atoms with Crippen LogP contribution in [0.3, 0.4) is 0 Å². The molecule has 3 aromatic rings. The lowest BCUT2D eigenvalue weighted by atomic mass is 10.1. The Bertz CT molecular complexity index is 803. The number of amides is 1. The molecule has 3 rings (SSSR count). The third kappa shape index (κ3) is 2.08. The number of anilines is 1. The van der Waals surface area contributed by atoms with E-state index in [0.29, 0.717) is 11.4 Å². The Labute approximate surface area is 120 Å². The highest BCUT2D eigenvalue weighted by Crippen LogP contribution is 2.18. The molecule has 20 heavy (non-hydrogen) atoms. The first-order chi connectivity index (χ1) is 9.56. The molecular formula is C14H14N4OS. The Morgan fingerprint density at radius 3 is 2.80 bits per heavy atom. The quantitative estimate of drug-likeness (QED) is 0.788. The van der Waals surface area contributed by atoms with Crippen LogP contribution >= 0.6 is 11.3 Å². The van der Waals surface area contributed by atoms with Gasteiger partial charge in [-0.3, -0.25) is 4.79 Å². The summed E-state index contributed by atoms with van der Waals surface area (Å²) in [6.07, 6.45) is 0. The van der Waals surface area contributed by atoms with Crippen LogP contribution in [-0.2, 0) is 0 Å². The second-order valence-corrected chi connectivity index (χ2v) is 5.54.